The Morgan fingerprint density at radius 2 is 1.71 bits per heavy atom. The number of carbonyl (C=O) groups excluding carboxylic acids is 1. The average molecular weight is 503 g/mol. The van der Waals surface area contributed by atoms with Gasteiger partial charge in [0.25, 0.3) is 5.91 Å². The Kier molecular flexibility index (Phi) is 7.31. The molecule has 0 N–H and O–H groups in total. The molecule has 3 aromatic rings. The lowest BCUT2D eigenvalue weighted by atomic mass is 10.0. The van der Waals surface area contributed by atoms with Crippen LogP contribution >= 0.6 is 11.6 Å². The fourth-order valence-electron chi connectivity index (χ4n) is 4.31. The predicted octanol–water partition coefficient (Wildman–Crippen LogP) is 5.57. The molecule has 184 valence electrons. The minimum Gasteiger partial charge on any atom is -0.353 e. The molecule has 0 spiro atoms. The Labute approximate surface area is 207 Å². The molecule has 4 rings (SSSR count). The Balaban J connectivity index is 1.53. The minimum absolute atomic E-state index is 0.0443. The maximum atomic E-state index is 13.1. The van der Waals surface area contributed by atoms with Gasteiger partial charge >= 0.3 is 6.18 Å². The maximum absolute atomic E-state index is 13.1. The van der Waals surface area contributed by atoms with Gasteiger partial charge in [0.1, 0.15) is 11.6 Å². The number of aryl methyl sites for hydroxylation is 2. The number of nitrogens with zero attached hydrogens (tertiary/aromatic N) is 4. The maximum Gasteiger partial charge on any atom is 0.416 e. The number of rotatable bonds is 5. The first-order chi connectivity index (χ1) is 16.7. The third kappa shape index (κ3) is 5.75. The molecule has 35 heavy (non-hydrogen) atoms. The van der Waals surface area contributed by atoms with E-state index in [-0.39, 0.29) is 5.56 Å². The second-order valence-electron chi connectivity index (χ2n) is 8.53. The molecular formula is C26H26ClF3N4O. The van der Waals surface area contributed by atoms with E-state index in [1.54, 1.807) is 4.90 Å². The highest BCUT2D eigenvalue weighted by atomic mass is 35.5. The number of halogens is 4. The molecule has 1 aliphatic rings. The van der Waals surface area contributed by atoms with Gasteiger partial charge in [-0.3, -0.25) is 4.79 Å². The summed E-state index contributed by atoms with van der Waals surface area (Å²) in [6.45, 7) is 5.75. The zero-order valence-electron chi connectivity index (χ0n) is 19.6. The number of anilines is 1. The van der Waals surface area contributed by atoms with Gasteiger partial charge in [-0.05, 0) is 49.2 Å². The van der Waals surface area contributed by atoms with E-state index in [2.05, 4.69) is 16.8 Å². The van der Waals surface area contributed by atoms with E-state index in [0.717, 1.165) is 41.2 Å². The van der Waals surface area contributed by atoms with Crippen LogP contribution < -0.4 is 4.90 Å². The normalized spacial score (nSPS) is 14.3. The molecule has 0 unspecified atom stereocenters. The van der Waals surface area contributed by atoms with Gasteiger partial charge in [0, 0.05) is 54.4 Å². The third-order valence-electron chi connectivity index (χ3n) is 6.12. The fourth-order valence-corrected chi connectivity index (χ4v) is 4.44. The summed E-state index contributed by atoms with van der Waals surface area (Å²) < 4.78 is 39.2. The molecule has 0 radical (unpaired) electrons. The second kappa shape index (κ2) is 10.2. The Morgan fingerprint density at radius 1 is 1.03 bits per heavy atom. The fraction of sp³-hybridized carbons (Fsp3) is 0.346. The molecule has 2 heterocycles. The first-order valence-electron chi connectivity index (χ1n) is 11.5. The van der Waals surface area contributed by atoms with Crippen LogP contribution in [0.1, 0.15) is 45.5 Å². The molecule has 0 aliphatic carbocycles. The van der Waals surface area contributed by atoms with Crippen molar-refractivity contribution >= 4 is 23.3 Å². The lowest BCUT2D eigenvalue weighted by Crippen LogP contribution is -2.49. The summed E-state index contributed by atoms with van der Waals surface area (Å²) in [5.41, 5.74) is 2.33. The number of alkyl halides is 3. The number of piperazine rings is 1. The molecule has 2 aromatic carbocycles. The van der Waals surface area contributed by atoms with Crippen molar-refractivity contribution in [3.05, 3.63) is 87.3 Å². The van der Waals surface area contributed by atoms with Crippen LogP contribution in [0.15, 0.2) is 48.5 Å². The zero-order valence-corrected chi connectivity index (χ0v) is 20.3. The Morgan fingerprint density at radius 3 is 2.34 bits per heavy atom. The number of hydrogen-bond donors (Lipinski definition) is 0. The second-order valence-corrected chi connectivity index (χ2v) is 8.97. The van der Waals surface area contributed by atoms with Crippen molar-refractivity contribution < 1.29 is 18.0 Å². The van der Waals surface area contributed by atoms with Crippen molar-refractivity contribution in [1.82, 2.24) is 14.9 Å². The van der Waals surface area contributed by atoms with E-state index in [0.29, 0.717) is 43.4 Å². The van der Waals surface area contributed by atoms with Gasteiger partial charge in [0.2, 0.25) is 0 Å². The lowest BCUT2D eigenvalue weighted by molar-refractivity contribution is -0.137. The summed E-state index contributed by atoms with van der Waals surface area (Å²) in [6.07, 6.45) is -3.08. The van der Waals surface area contributed by atoms with Crippen LogP contribution in [0.3, 0.4) is 0 Å². The van der Waals surface area contributed by atoms with Gasteiger partial charge in [0.15, 0.2) is 0 Å². The van der Waals surface area contributed by atoms with Gasteiger partial charge in [-0.1, -0.05) is 36.7 Å². The Bertz CT molecular complexity index is 1210. The third-order valence-corrected chi connectivity index (χ3v) is 6.37. The van der Waals surface area contributed by atoms with Crippen molar-refractivity contribution in [1.29, 1.82) is 0 Å². The molecule has 9 heteroatoms. The van der Waals surface area contributed by atoms with Gasteiger partial charge in [-0.2, -0.15) is 13.2 Å². The van der Waals surface area contributed by atoms with Crippen molar-refractivity contribution in [2.75, 3.05) is 31.1 Å². The average Bonchev–Trinajstić information content (AvgIpc) is 2.85. The van der Waals surface area contributed by atoms with Crippen LogP contribution in [0.25, 0.3) is 0 Å². The zero-order chi connectivity index (χ0) is 25.2. The molecule has 5 nitrogen and oxygen atoms in total. The quantitative estimate of drug-likeness (QED) is 0.457. The van der Waals surface area contributed by atoms with Crippen molar-refractivity contribution in [3.8, 4) is 0 Å². The van der Waals surface area contributed by atoms with Crippen LogP contribution in [-0.2, 0) is 19.0 Å². The smallest absolute Gasteiger partial charge is 0.353 e. The first kappa shape index (κ1) is 25.0. The standard InChI is InChI=1S/C26H26ClF3N4O/c1-3-23-22(15-18-7-9-21(27)10-8-18)24(32-17(2)31-23)33-11-13-34(14-12-33)25(35)19-5-4-6-20(16-19)26(28,29)30/h4-10,16H,3,11-15H2,1-2H3. The van der Waals surface area contributed by atoms with E-state index in [4.69, 9.17) is 16.6 Å². The number of amides is 1. The van der Waals surface area contributed by atoms with E-state index < -0.39 is 17.6 Å². The van der Waals surface area contributed by atoms with Gasteiger partial charge in [-0.15, -0.1) is 0 Å². The molecular weight excluding hydrogens is 477 g/mol. The van der Waals surface area contributed by atoms with Gasteiger partial charge in [0.05, 0.1) is 5.56 Å². The SMILES string of the molecule is CCc1nc(C)nc(N2CCN(C(=O)c3cccc(C(F)(F)F)c3)CC2)c1Cc1ccc(Cl)cc1. The topological polar surface area (TPSA) is 49.3 Å². The lowest BCUT2D eigenvalue weighted by Gasteiger charge is -2.36. The van der Waals surface area contributed by atoms with E-state index in [1.807, 2.05) is 31.2 Å². The molecule has 0 saturated carbocycles. The van der Waals surface area contributed by atoms with E-state index in [1.165, 1.54) is 12.1 Å². The number of aromatic nitrogens is 2. The summed E-state index contributed by atoms with van der Waals surface area (Å²) in [5, 5.41) is 0.673. The predicted molar refractivity (Wildman–Crippen MR) is 130 cm³/mol. The molecule has 1 amide bonds. The highest BCUT2D eigenvalue weighted by molar-refractivity contribution is 6.30. The summed E-state index contributed by atoms with van der Waals surface area (Å²) in [5.74, 6) is 1.12. The van der Waals surface area contributed by atoms with Crippen molar-refractivity contribution in [2.45, 2.75) is 32.9 Å². The van der Waals surface area contributed by atoms with Gasteiger partial charge in [-0.25, -0.2) is 9.97 Å². The molecule has 0 atom stereocenters. The highest BCUT2D eigenvalue weighted by Gasteiger charge is 2.32. The summed E-state index contributed by atoms with van der Waals surface area (Å²) >= 11 is 6.04. The van der Waals surface area contributed by atoms with Crippen LogP contribution in [-0.4, -0.2) is 47.0 Å². The van der Waals surface area contributed by atoms with Gasteiger partial charge < -0.3 is 9.80 Å². The van der Waals surface area contributed by atoms with Crippen LogP contribution in [0.4, 0.5) is 19.0 Å². The number of benzene rings is 2. The minimum atomic E-state index is -4.49. The van der Waals surface area contributed by atoms with Crippen LogP contribution in [0, 0.1) is 6.92 Å². The highest BCUT2D eigenvalue weighted by Crippen LogP contribution is 2.30. The Hall–Kier alpha value is -3.13. The van der Waals surface area contributed by atoms with Crippen molar-refractivity contribution in [3.63, 3.8) is 0 Å². The largest absolute Gasteiger partial charge is 0.416 e. The molecule has 1 aromatic heterocycles. The van der Waals surface area contributed by atoms with Crippen LogP contribution in [0.2, 0.25) is 5.02 Å². The summed E-state index contributed by atoms with van der Waals surface area (Å²) in [4.78, 5) is 26.0. The summed E-state index contributed by atoms with van der Waals surface area (Å²) in [6, 6.07) is 12.3. The molecule has 1 aliphatic heterocycles. The van der Waals surface area contributed by atoms with Crippen molar-refractivity contribution in [2.24, 2.45) is 0 Å². The monoisotopic (exact) mass is 502 g/mol. The number of carbonyl (C=O) groups is 1. The molecule has 0 bridgehead atoms. The summed E-state index contributed by atoms with van der Waals surface area (Å²) in [7, 11) is 0. The number of hydrogen-bond acceptors (Lipinski definition) is 4. The molecule has 1 saturated heterocycles. The van der Waals surface area contributed by atoms with Crippen LogP contribution in [0.5, 0.6) is 0 Å². The van der Waals surface area contributed by atoms with E-state index >= 15 is 0 Å². The van der Waals surface area contributed by atoms with E-state index in [9.17, 15) is 18.0 Å². The molecule has 1 fully saturated rings. The first-order valence-corrected chi connectivity index (χ1v) is 11.9.